The van der Waals surface area contributed by atoms with Gasteiger partial charge in [0.2, 0.25) is 0 Å². The van der Waals surface area contributed by atoms with Gasteiger partial charge in [-0.05, 0) is 48.9 Å². The van der Waals surface area contributed by atoms with E-state index in [0.29, 0.717) is 10.7 Å². The molecule has 0 N–H and O–H groups in total. The third kappa shape index (κ3) is 3.56. The molecule has 1 aromatic carbocycles. The van der Waals surface area contributed by atoms with E-state index in [1.165, 1.54) is 11.1 Å². The number of halogens is 1. The number of pyridine rings is 1. The molecule has 0 spiro atoms. The highest BCUT2D eigenvalue weighted by atomic mass is 35.5. The molecule has 3 rings (SSSR count). The minimum absolute atomic E-state index is 0.0559. The minimum Gasteiger partial charge on any atom is -0.335 e. The highest BCUT2D eigenvalue weighted by Crippen LogP contribution is 2.25. The average Bonchev–Trinajstić information content (AvgIpc) is 2.59. The Morgan fingerprint density at radius 1 is 1.26 bits per heavy atom. The predicted octanol–water partition coefficient (Wildman–Crippen LogP) is 4.14. The summed E-state index contributed by atoms with van der Waals surface area (Å²) < 4.78 is 0. The monoisotopic (exact) mass is 328 g/mol. The molecular weight excluding hydrogens is 308 g/mol. The van der Waals surface area contributed by atoms with Crippen LogP contribution >= 0.6 is 11.6 Å². The van der Waals surface area contributed by atoms with Crippen LogP contribution in [-0.2, 0) is 12.8 Å². The van der Waals surface area contributed by atoms with Crippen LogP contribution in [-0.4, -0.2) is 28.4 Å². The Kier molecular flexibility index (Phi) is 4.97. The number of carbonyl (C=O) groups is 1. The molecule has 2 aromatic rings. The van der Waals surface area contributed by atoms with Gasteiger partial charge in [-0.3, -0.25) is 4.79 Å². The molecular formula is C19H21ClN2O. The molecule has 1 aliphatic carbocycles. The molecule has 120 valence electrons. The summed E-state index contributed by atoms with van der Waals surface area (Å²) in [5, 5.41) is 0.412. The van der Waals surface area contributed by atoms with Crippen molar-refractivity contribution in [3.63, 3.8) is 0 Å². The molecule has 1 heterocycles. The van der Waals surface area contributed by atoms with Crippen molar-refractivity contribution < 1.29 is 4.79 Å². The van der Waals surface area contributed by atoms with Gasteiger partial charge < -0.3 is 4.90 Å². The fourth-order valence-electron chi connectivity index (χ4n) is 3.30. The Bertz CT molecular complexity index is 684. The zero-order valence-electron chi connectivity index (χ0n) is 13.3. The first-order chi connectivity index (χ1) is 11.2. The number of benzene rings is 1. The number of hydrogen-bond acceptors (Lipinski definition) is 2. The minimum atomic E-state index is 0.0559. The molecule has 1 aromatic heterocycles. The molecule has 0 saturated heterocycles. The highest BCUT2D eigenvalue weighted by Gasteiger charge is 2.27. The SMILES string of the molecule is CCCN(C(=O)c1ccc(Cl)nc1)C1CCc2ccccc2C1. The number of hydrogen-bond donors (Lipinski definition) is 0. The van der Waals surface area contributed by atoms with E-state index in [0.717, 1.165) is 32.2 Å². The van der Waals surface area contributed by atoms with Gasteiger partial charge in [-0.1, -0.05) is 42.8 Å². The number of aromatic nitrogens is 1. The molecule has 0 fully saturated rings. The molecule has 0 saturated carbocycles. The molecule has 1 aliphatic rings. The van der Waals surface area contributed by atoms with E-state index >= 15 is 0 Å². The highest BCUT2D eigenvalue weighted by molar-refractivity contribution is 6.29. The van der Waals surface area contributed by atoms with E-state index in [1.807, 2.05) is 4.90 Å². The Morgan fingerprint density at radius 2 is 2.04 bits per heavy atom. The third-order valence-corrected chi connectivity index (χ3v) is 4.68. The van der Waals surface area contributed by atoms with Crippen LogP contribution in [0.1, 0.15) is 41.3 Å². The topological polar surface area (TPSA) is 33.2 Å². The summed E-state index contributed by atoms with van der Waals surface area (Å²) >= 11 is 5.83. The van der Waals surface area contributed by atoms with Crippen LogP contribution in [0.15, 0.2) is 42.6 Å². The van der Waals surface area contributed by atoms with Gasteiger partial charge in [-0.2, -0.15) is 0 Å². The number of amides is 1. The summed E-state index contributed by atoms with van der Waals surface area (Å²) in [6.07, 6.45) is 5.51. The number of nitrogens with zero attached hydrogens (tertiary/aromatic N) is 2. The van der Waals surface area contributed by atoms with E-state index in [1.54, 1.807) is 18.3 Å². The largest absolute Gasteiger partial charge is 0.335 e. The van der Waals surface area contributed by atoms with Crippen LogP contribution in [0.5, 0.6) is 0 Å². The summed E-state index contributed by atoms with van der Waals surface area (Å²) in [6.45, 7) is 2.88. The molecule has 1 unspecified atom stereocenters. The quantitative estimate of drug-likeness (QED) is 0.790. The maximum absolute atomic E-state index is 12.9. The molecule has 1 atom stereocenters. The second-order valence-electron chi connectivity index (χ2n) is 6.03. The van der Waals surface area contributed by atoms with E-state index in [9.17, 15) is 4.79 Å². The zero-order valence-corrected chi connectivity index (χ0v) is 14.1. The van der Waals surface area contributed by atoms with Gasteiger partial charge in [0.15, 0.2) is 0 Å². The van der Waals surface area contributed by atoms with Crippen molar-refractivity contribution in [2.45, 2.75) is 38.6 Å². The molecule has 4 heteroatoms. The average molecular weight is 329 g/mol. The Balaban J connectivity index is 1.82. The summed E-state index contributed by atoms with van der Waals surface area (Å²) in [6, 6.07) is 12.2. The molecule has 23 heavy (non-hydrogen) atoms. The van der Waals surface area contributed by atoms with Crippen LogP contribution in [0.4, 0.5) is 0 Å². The Hall–Kier alpha value is -1.87. The van der Waals surface area contributed by atoms with Gasteiger partial charge >= 0.3 is 0 Å². The van der Waals surface area contributed by atoms with Gasteiger partial charge in [0, 0.05) is 18.8 Å². The number of fused-ring (bicyclic) bond motifs is 1. The Morgan fingerprint density at radius 3 is 2.74 bits per heavy atom. The standard InChI is InChI=1S/C19H21ClN2O/c1-2-11-22(19(23)16-8-10-18(20)21-13-16)17-9-7-14-5-3-4-6-15(14)12-17/h3-6,8,10,13,17H,2,7,9,11-12H2,1H3. The smallest absolute Gasteiger partial charge is 0.255 e. The van der Waals surface area contributed by atoms with Gasteiger partial charge in [0.05, 0.1) is 5.56 Å². The maximum atomic E-state index is 12.9. The van der Waals surface area contributed by atoms with E-state index in [-0.39, 0.29) is 11.9 Å². The summed E-state index contributed by atoms with van der Waals surface area (Å²) in [4.78, 5) is 19.0. The zero-order chi connectivity index (χ0) is 16.2. The van der Waals surface area contributed by atoms with E-state index < -0.39 is 0 Å². The van der Waals surface area contributed by atoms with Crippen LogP contribution in [0.25, 0.3) is 0 Å². The van der Waals surface area contributed by atoms with Crippen molar-refractivity contribution >= 4 is 17.5 Å². The van der Waals surface area contributed by atoms with Crippen molar-refractivity contribution in [3.05, 3.63) is 64.4 Å². The molecule has 3 nitrogen and oxygen atoms in total. The number of rotatable bonds is 4. The second kappa shape index (κ2) is 7.14. The van der Waals surface area contributed by atoms with E-state index in [4.69, 9.17) is 11.6 Å². The maximum Gasteiger partial charge on any atom is 0.255 e. The lowest BCUT2D eigenvalue weighted by molar-refractivity contribution is 0.0661. The van der Waals surface area contributed by atoms with Crippen molar-refractivity contribution in [1.29, 1.82) is 0 Å². The van der Waals surface area contributed by atoms with Crippen molar-refractivity contribution in [2.75, 3.05) is 6.54 Å². The fourth-order valence-corrected chi connectivity index (χ4v) is 3.42. The lowest BCUT2D eigenvalue weighted by Crippen LogP contribution is -2.44. The van der Waals surface area contributed by atoms with Crippen LogP contribution < -0.4 is 0 Å². The first-order valence-electron chi connectivity index (χ1n) is 8.18. The second-order valence-corrected chi connectivity index (χ2v) is 6.42. The van der Waals surface area contributed by atoms with Crippen LogP contribution in [0.3, 0.4) is 0 Å². The number of aryl methyl sites for hydroxylation is 1. The normalized spacial score (nSPS) is 16.7. The molecule has 0 radical (unpaired) electrons. The van der Waals surface area contributed by atoms with Crippen LogP contribution in [0, 0.1) is 0 Å². The van der Waals surface area contributed by atoms with Gasteiger partial charge in [-0.15, -0.1) is 0 Å². The summed E-state index contributed by atoms with van der Waals surface area (Å²) in [5.74, 6) is 0.0559. The summed E-state index contributed by atoms with van der Waals surface area (Å²) in [7, 11) is 0. The van der Waals surface area contributed by atoms with Crippen LogP contribution in [0.2, 0.25) is 5.15 Å². The molecule has 0 bridgehead atoms. The third-order valence-electron chi connectivity index (χ3n) is 4.46. The molecule has 1 amide bonds. The molecule has 0 aliphatic heterocycles. The predicted molar refractivity (Wildman–Crippen MR) is 92.8 cm³/mol. The van der Waals surface area contributed by atoms with Crippen molar-refractivity contribution in [3.8, 4) is 0 Å². The Labute approximate surface area is 142 Å². The van der Waals surface area contributed by atoms with E-state index in [2.05, 4.69) is 36.2 Å². The first-order valence-corrected chi connectivity index (χ1v) is 8.56. The lowest BCUT2D eigenvalue weighted by Gasteiger charge is -2.35. The van der Waals surface area contributed by atoms with Gasteiger partial charge in [0.25, 0.3) is 5.91 Å². The number of carbonyl (C=O) groups excluding carboxylic acids is 1. The fraction of sp³-hybridized carbons (Fsp3) is 0.368. The van der Waals surface area contributed by atoms with Crippen molar-refractivity contribution in [1.82, 2.24) is 9.88 Å². The lowest BCUT2D eigenvalue weighted by atomic mass is 9.87. The summed E-state index contributed by atoms with van der Waals surface area (Å²) in [5.41, 5.74) is 3.40. The van der Waals surface area contributed by atoms with Gasteiger partial charge in [0.1, 0.15) is 5.15 Å². The van der Waals surface area contributed by atoms with Gasteiger partial charge in [-0.25, -0.2) is 4.98 Å². The van der Waals surface area contributed by atoms with Crippen molar-refractivity contribution in [2.24, 2.45) is 0 Å². The first kappa shape index (κ1) is 16.0.